The van der Waals surface area contributed by atoms with Crippen LogP contribution in [0.15, 0.2) is 12.1 Å². The van der Waals surface area contributed by atoms with Gasteiger partial charge >= 0.3 is 0 Å². The second kappa shape index (κ2) is 4.70. The van der Waals surface area contributed by atoms with Crippen molar-refractivity contribution in [1.82, 2.24) is 9.88 Å². The summed E-state index contributed by atoms with van der Waals surface area (Å²) in [5.41, 5.74) is 6.47. The van der Waals surface area contributed by atoms with Gasteiger partial charge in [-0.1, -0.05) is 11.6 Å². The fraction of sp³-hybridized carbons (Fsp3) is 0.583. The molecular weight excluding hydrogens is 236 g/mol. The van der Waals surface area contributed by atoms with Crippen molar-refractivity contribution in [2.24, 2.45) is 0 Å². The predicted octanol–water partition coefficient (Wildman–Crippen LogP) is 1.85. The molecule has 2 N–H and O–H groups in total. The Morgan fingerprint density at radius 3 is 2.41 bits per heavy atom. The van der Waals surface area contributed by atoms with Crippen LogP contribution in [0.3, 0.4) is 0 Å². The Hall–Kier alpha value is -1.00. The van der Waals surface area contributed by atoms with E-state index in [0.29, 0.717) is 22.9 Å². The van der Waals surface area contributed by atoms with Crippen LogP contribution in [0.4, 0.5) is 11.5 Å². The van der Waals surface area contributed by atoms with Gasteiger partial charge in [-0.05, 0) is 27.0 Å². The van der Waals surface area contributed by atoms with E-state index in [-0.39, 0.29) is 0 Å². The molecule has 0 bridgehead atoms. The molecule has 0 aliphatic carbocycles. The number of hydrogen-bond donors (Lipinski definition) is 1. The Balaban J connectivity index is 2.22. The number of rotatable bonds is 1. The maximum absolute atomic E-state index is 5.94. The zero-order valence-electron chi connectivity index (χ0n) is 10.5. The molecule has 1 aliphatic rings. The summed E-state index contributed by atoms with van der Waals surface area (Å²) in [6.07, 6.45) is 0. The molecule has 0 amide bonds. The average molecular weight is 255 g/mol. The molecule has 0 radical (unpaired) electrons. The van der Waals surface area contributed by atoms with Crippen LogP contribution in [0.1, 0.15) is 13.8 Å². The number of nitrogens with two attached hydrogens (primary N) is 1. The van der Waals surface area contributed by atoms with E-state index in [4.69, 9.17) is 17.3 Å². The molecule has 2 unspecified atom stereocenters. The summed E-state index contributed by atoms with van der Waals surface area (Å²) in [5.74, 6) is 0.877. The summed E-state index contributed by atoms with van der Waals surface area (Å²) in [4.78, 5) is 8.97. The molecule has 1 aromatic heterocycles. The lowest BCUT2D eigenvalue weighted by Gasteiger charge is -2.43. The maximum atomic E-state index is 5.94. The first-order chi connectivity index (χ1) is 7.97. The van der Waals surface area contributed by atoms with E-state index in [9.17, 15) is 0 Å². The van der Waals surface area contributed by atoms with E-state index in [0.717, 1.165) is 18.9 Å². The molecule has 17 heavy (non-hydrogen) atoms. The Labute approximate surface area is 107 Å². The lowest BCUT2D eigenvalue weighted by Crippen LogP contribution is -2.55. The number of halogens is 1. The fourth-order valence-electron chi connectivity index (χ4n) is 2.26. The molecule has 4 nitrogen and oxygen atoms in total. The lowest BCUT2D eigenvalue weighted by molar-refractivity contribution is 0.169. The molecule has 1 saturated heterocycles. The van der Waals surface area contributed by atoms with Crippen LogP contribution in [0.25, 0.3) is 0 Å². The topological polar surface area (TPSA) is 45.4 Å². The van der Waals surface area contributed by atoms with Crippen molar-refractivity contribution >= 4 is 23.1 Å². The minimum absolute atomic E-state index is 0.458. The molecule has 0 aromatic carbocycles. The van der Waals surface area contributed by atoms with E-state index < -0.39 is 0 Å². The van der Waals surface area contributed by atoms with Gasteiger partial charge < -0.3 is 10.6 Å². The van der Waals surface area contributed by atoms with Crippen LogP contribution in [0.5, 0.6) is 0 Å². The van der Waals surface area contributed by atoms with Crippen molar-refractivity contribution in [3.8, 4) is 0 Å². The van der Waals surface area contributed by atoms with Gasteiger partial charge in [-0.2, -0.15) is 0 Å². The first kappa shape index (κ1) is 12.5. The van der Waals surface area contributed by atoms with Crippen molar-refractivity contribution in [2.75, 3.05) is 30.8 Å². The number of likely N-dealkylation sites (N-methyl/N-ethyl adjacent to an activating group) is 1. The largest absolute Gasteiger partial charge is 0.399 e. The molecular formula is C12H19ClN4. The molecule has 0 saturated carbocycles. The first-order valence-electron chi connectivity index (χ1n) is 5.87. The monoisotopic (exact) mass is 254 g/mol. The standard InChI is InChI=1S/C12H19ClN4/c1-8-6-17(7-9(2)16(8)3)12-5-10(14)4-11(13)15-12/h4-5,8-9H,6-7H2,1-3H3,(H2,14,15). The highest BCUT2D eigenvalue weighted by Gasteiger charge is 2.27. The van der Waals surface area contributed by atoms with Crippen LogP contribution < -0.4 is 10.6 Å². The number of anilines is 2. The van der Waals surface area contributed by atoms with Gasteiger partial charge in [0.15, 0.2) is 0 Å². The lowest BCUT2D eigenvalue weighted by atomic mass is 10.1. The van der Waals surface area contributed by atoms with Crippen LogP contribution >= 0.6 is 11.6 Å². The average Bonchev–Trinajstić information content (AvgIpc) is 2.23. The van der Waals surface area contributed by atoms with Gasteiger partial charge in [0.25, 0.3) is 0 Å². The second-order valence-electron chi connectivity index (χ2n) is 4.85. The number of aromatic nitrogens is 1. The number of nitrogens with zero attached hydrogens (tertiary/aromatic N) is 3. The van der Waals surface area contributed by atoms with E-state index in [1.165, 1.54) is 0 Å². The number of pyridine rings is 1. The zero-order chi connectivity index (χ0) is 12.6. The Morgan fingerprint density at radius 2 is 1.88 bits per heavy atom. The molecule has 94 valence electrons. The third kappa shape index (κ3) is 2.64. The molecule has 1 fully saturated rings. The molecule has 1 aliphatic heterocycles. The van der Waals surface area contributed by atoms with Crippen molar-refractivity contribution in [1.29, 1.82) is 0 Å². The van der Waals surface area contributed by atoms with Gasteiger partial charge in [-0.3, -0.25) is 4.90 Å². The third-order valence-corrected chi connectivity index (χ3v) is 3.68. The highest BCUT2D eigenvalue weighted by molar-refractivity contribution is 6.29. The SMILES string of the molecule is CC1CN(c2cc(N)cc(Cl)n2)CC(C)N1C. The van der Waals surface area contributed by atoms with E-state index in [2.05, 4.69) is 35.7 Å². The number of hydrogen-bond acceptors (Lipinski definition) is 4. The van der Waals surface area contributed by atoms with Gasteiger partial charge in [-0.25, -0.2) is 4.98 Å². The minimum atomic E-state index is 0.458. The Morgan fingerprint density at radius 1 is 1.29 bits per heavy atom. The fourth-order valence-corrected chi connectivity index (χ4v) is 2.47. The summed E-state index contributed by atoms with van der Waals surface area (Å²) in [7, 11) is 2.16. The van der Waals surface area contributed by atoms with E-state index in [1.54, 1.807) is 6.07 Å². The van der Waals surface area contributed by atoms with Crippen molar-refractivity contribution in [3.05, 3.63) is 17.3 Å². The van der Waals surface area contributed by atoms with Crippen molar-refractivity contribution < 1.29 is 0 Å². The van der Waals surface area contributed by atoms with Crippen molar-refractivity contribution in [2.45, 2.75) is 25.9 Å². The minimum Gasteiger partial charge on any atom is -0.399 e. The van der Waals surface area contributed by atoms with Crippen molar-refractivity contribution in [3.63, 3.8) is 0 Å². The molecule has 2 atom stereocenters. The predicted molar refractivity (Wildman–Crippen MR) is 72.6 cm³/mol. The quantitative estimate of drug-likeness (QED) is 0.777. The molecule has 0 spiro atoms. The summed E-state index contributed by atoms with van der Waals surface area (Å²) in [5, 5.41) is 0.458. The Bertz CT molecular complexity index is 377. The summed E-state index contributed by atoms with van der Waals surface area (Å²) in [6, 6.07) is 4.56. The van der Waals surface area contributed by atoms with E-state index in [1.807, 2.05) is 6.07 Å². The molecule has 2 rings (SSSR count). The normalized spacial score (nSPS) is 26.2. The number of piperazine rings is 1. The molecule has 1 aromatic rings. The molecule has 2 heterocycles. The van der Waals surface area contributed by atoms with Crippen LogP contribution in [0, 0.1) is 0 Å². The summed E-state index contributed by atoms with van der Waals surface area (Å²) < 4.78 is 0. The van der Waals surface area contributed by atoms with Gasteiger partial charge in [0.2, 0.25) is 0 Å². The van der Waals surface area contributed by atoms with Crippen LogP contribution in [-0.4, -0.2) is 42.1 Å². The van der Waals surface area contributed by atoms with Gasteiger partial charge in [0.1, 0.15) is 11.0 Å². The first-order valence-corrected chi connectivity index (χ1v) is 6.25. The van der Waals surface area contributed by atoms with Gasteiger partial charge in [0, 0.05) is 36.9 Å². The second-order valence-corrected chi connectivity index (χ2v) is 5.24. The smallest absolute Gasteiger partial charge is 0.133 e. The maximum Gasteiger partial charge on any atom is 0.133 e. The zero-order valence-corrected chi connectivity index (χ0v) is 11.3. The third-order valence-electron chi connectivity index (χ3n) is 3.49. The van der Waals surface area contributed by atoms with Gasteiger partial charge in [0.05, 0.1) is 0 Å². The van der Waals surface area contributed by atoms with Gasteiger partial charge in [-0.15, -0.1) is 0 Å². The molecule has 5 heteroatoms. The Kier molecular flexibility index (Phi) is 3.45. The summed E-state index contributed by atoms with van der Waals surface area (Å²) in [6.45, 7) is 6.34. The van der Waals surface area contributed by atoms with Crippen LogP contribution in [-0.2, 0) is 0 Å². The van der Waals surface area contributed by atoms with Crippen LogP contribution in [0.2, 0.25) is 5.15 Å². The highest BCUT2D eigenvalue weighted by Crippen LogP contribution is 2.23. The summed E-state index contributed by atoms with van der Waals surface area (Å²) >= 11 is 5.94. The highest BCUT2D eigenvalue weighted by atomic mass is 35.5. The van der Waals surface area contributed by atoms with E-state index >= 15 is 0 Å². The number of nitrogen functional groups attached to an aromatic ring is 1.